The van der Waals surface area contributed by atoms with E-state index in [9.17, 15) is 0 Å². The minimum Gasteiger partial charge on any atom is -0.222 e. The summed E-state index contributed by atoms with van der Waals surface area (Å²) in [5.74, 6) is 2.60. The lowest BCUT2D eigenvalue weighted by atomic mass is 9.83. The largest absolute Gasteiger partial charge is 0.332 e. The van der Waals surface area contributed by atoms with E-state index in [4.69, 9.17) is 23.1 Å². The van der Waals surface area contributed by atoms with Crippen LogP contribution in [0.1, 0.15) is 59.5 Å². The summed E-state index contributed by atoms with van der Waals surface area (Å²) in [7, 11) is -4.94. The molecule has 1 aromatic carbocycles. The van der Waals surface area contributed by atoms with Crippen molar-refractivity contribution in [3.05, 3.63) is 64.1 Å². The van der Waals surface area contributed by atoms with Crippen molar-refractivity contribution in [2.45, 2.75) is 57.8 Å². The molecule has 0 spiro atoms. The summed E-state index contributed by atoms with van der Waals surface area (Å²) in [6, 6.07) is 10.9. The zero-order valence-electron chi connectivity index (χ0n) is 14.7. The Kier molecular flexibility index (Phi) is 6.27. The van der Waals surface area contributed by atoms with Gasteiger partial charge in [0.05, 0.1) is 24.0 Å². The van der Waals surface area contributed by atoms with E-state index in [2.05, 4.69) is 30.3 Å². The SMILES string of the molecule is [O-][Cl+3]([O-])([O-])[O-].c1ccc(Cc2c3c([o+]c4c2CCCC4)CCCC3)cc1. The van der Waals surface area contributed by atoms with E-state index < -0.39 is 10.2 Å². The second-order valence-corrected chi connectivity index (χ2v) is 7.59. The lowest BCUT2D eigenvalue weighted by Crippen LogP contribution is -2.68. The van der Waals surface area contributed by atoms with E-state index in [1.165, 1.54) is 55.6 Å². The Morgan fingerprint density at radius 1 is 0.731 bits per heavy atom. The molecule has 0 fully saturated rings. The second-order valence-electron chi connectivity index (χ2n) is 6.84. The van der Waals surface area contributed by atoms with Crippen molar-refractivity contribution in [2.24, 2.45) is 0 Å². The van der Waals surface area contributed by atoms with E-state index in [0.717, 1.165) is 19.3 Å². The standard InChI is InChI=1S/C20H23O.ClHO4/c1-2-8-15(9-3-1)14-18-16-10-4-6-12-19(16)21-20-13-7-5-11-17(18)20;2-1(3,4)5/h1-3,8-9H,4-7,10-14H2;(H,2,3,4,5)/q+1;/p-1. The third-order valence-corrected chi connectivity index (χ3v) is 5.03. The third kappa shape index (κ3) is 5.25. The highest BCUT2D eigenvalue weighted by Crippen LogP contribution is 2.34. The highest BCUT2D eigenvalue weighted by atomic mass is 35.7. The van der Waals surface area contributed by atoms with Gasteiger partial charge < -0.3 is 0 Å². The Hall–Kier alpha value is -1.50. The molecule has 0 atom stereocenters. The van der Waals surface area contributed by atoms with Crippen molar-refractivity contribution in [1.82, 2.24) is 0 Å². The molecular formula is C20H23ClO5. The maximum atomic E-state index is 8.49. The highest BCUT2D eigenvalue weighted by Gasteiger charge is 2.32. The Bertz CT molecular complexity index is 700. The van der Waals surface area contributed by atoms with Crippen LogP contribution in [0.2, 0.25) is 0 Å². The maximum absolute atomic E-state index is 8.49. The molecule has 5 nitrogen and oxygen atoms in total. The van der Waals surface area contributed by atoms with E-state index in [1.807, 2.05) is 0 Å². The monoisotopic (exact) mass is 378 g/mol. The molecule has 2 aromatic rings. The summed E-state index contributed by atoms with van der Waals surface area (Å²) >= 11 is 0. The molecule has 0 aliphatic heterocycles. The minimum absolute atomic E-state index is 1.09. The van der Waals surface area contributed by atoms with Gasteiger partial charge in [0.15, 0.2) is 0 Å². The molecule has 6 heteroatoms. The smallest absolute Gasteiger partial charge is 0.222 e. The molecule has 0 unspecified atom stereocenters. The summed E-state index contributed by atoms with van der Waals surface area (Å²) in [5.41, 5.74) is 6.14. The van der Waals surface area contributed by atoms with Gasteiger partial charge >= 0.3 is 11.5 Å². The summed E-state index contributed by atoms with van der Waals surface area (Å²) in [4.78, 5) is 0. The number of rotatable bonds is 2. The fourth-order valence-electron chi connectivity index (χ4n) is 3.96. The third-order valence-electron chi connectivity index (χ3n) is 5.03. The molecule has 1 heterocycles. The molecular weight excluding hydrogens is 356 g/mol. The van der Waals surface area contributed by atoms with Gasteiger partial charge in [-0.3, -0.25) is 0 Å². The van der Waals surface area contributed by atoms with Crippen molar-refractivity contribution in [3.8, 4) is 0 Å². The van der Waals surface area contributed by atoms with E-state index in [0.29, 0.717) is 0 Å². The molecule has 2 aliphatic rings. The van der Waals surface area contributed by atoms with E-state index in [1.54, 1.807) is 16.7 Å². The number of fused-ring (bicyclic) bond motifs is 2. The molecule has 140 valence electrons. The van der Waals surface area contributed by atoms with Crippen molar-refractivity contribution < 1.29 is 33.3 Å². The molecule has 0 N–H and O–H groups in total. The highest BCUT2D eigenvalue weighted by molar-refractivity contribution is 5.43. The fraction of sp³-hybridized carbons (Fsp3) is 0.450. The van der Waals surface area contributed by atoms with Gasteiger partial charge in [0, 0.05) is 0 Å². The van der Waals surface area contributed by atoms with Crippen LogP contribution in [-0.2, 0) is 32.1 Å². The van der Waals surface area contributed by atoms with E-state index >= 15 is 0 Å². The van der Waals surface area contributed by atoms with Crippen molar-refractivity contribution >= 4 is 0 Å². The molecule has 4 rings (SSSR count). The van der Waals surface area contributed by atoms with Crippen LogP contribution in [0.25, 0.3) is 0 Å². The molecule has 0 bridgehead atoms. The summed E-state index contributed by atoms with van der Waals surface area (Å²) in [5, 5.41) is 0. The van der Waals surface area contributed by atoms with Crippen molar-refractivity contribution in [1.29, 1.82) is 0 Å². The van der Waals surface area contributed by atoms with Crippen LogP contribution in [0.5, 0.6) is 0 Å². The van der Waals surface area contributed by atoms with Crippen LogP contribution in [0.15, 0.2) is 34.7 Å². The van der Waals surface area contributed by atoms with Gasteiger partial charge in [0.2, 0.25) is 0 Å². The predicted octanol–water partition coefficient (Wildman–Crippen LogP) is 0.153. The maximum Gasteiger partial charge on any atom is 0.332 e. The van der Waals surface area contributed by atoms with Gasteiger partial charge in [-0.05, 0) is 56.1 Å². The zero-order chi connectivity index (χ0) is 18.6. The summed E-state index contributed by atoms with van der Waals surface area (Å²) < 4.78 is 40.3. The molecule has 0 amide bonds. The van der Waals surface area contributed by atoms with Gasteiger partial charge in [-0.25, -0.2) is 23.1 Å². The number of hydrogen-bond acceptors (Lipinski definition) is 4. The molecule has 2 aliphatic carbocycles. The lowest BCUT2D eigenvalue weighted by molar-refractivity contribution is -2.00. The number of halogens is 1. The van der Waals surface area contributed by atoms with E-state index in [-0.39, 0.29) is 0 Å². The Morgan fingerprint density at radius 2 is 1.19 bits per heavy atom. The first-order chi connectivity index (χ1) is 12.4. The van der Waals surface area contributed by atoms with Gasteiger partial charge in [-0.2, -0.15) is 0 Å². The zero-order valence-corrected chi connectivity index (χ0v) is 15.4. The molecule has 0 saturated carbocycles. The number of hydrogen-bond donors (Lipinski definition) is 0. The van der Waals surface area contributed by atoms with Crippen LogP contribution in [0.3, 0.4) is 0 Å². The Morgan fingerprint density at radius 3 is 1.69 bits per heavy atom. The Balaban J connectivity index is 0.000000349. The Labute approximate surface area is 155 Å². The van der Waals surface area contributed by atoms with Crippen LogP contribution in [0, 0.1) is 10.2 Å². The quantitative estimate of drug-likeness (QED) is 0.692. The topological polar surface area (TPSA) is 104 Å². The summed E-state index contributed by atoms with van der Waals surface area (Å²) in [6.07, 6.45) is 11.0. The van der Waals surface area contributed by atoms with Gasteiger partial charge in [0.25, 0.3) is 0 Å². The van der Waals surface area contributed by atoms with Crippen LogP contribution in [-0.4, -0.2) is 0 Å². The number of aryl methyl sites for hydroxylation is 2. The molecule has 1 aromatic heterocycles. The van der Waals surface area contributed by atoms with Crippen LogP contribution < -0.4 is 18.6 Å². The van der Waals surface area contributed by atoms with Gasteiger partial charge in [-0.15, -0.1) is 10.2 Å². The van der Waals surface area contributed by atoms with Crippen molar-refractivity contribution in [3.63, 3.8) is 0 Å². The first kappa shape index (κ1) is 19.3. The number of benzene rings is 1. The minimum atomic E-state index is -4.94. The van der Waals surface area contributed by atoms with Gasteiger partial charge in [0.1, 0.15) is 0 Å². The summed E-state index contributed by atoms with van der Waals surface area (Å²) in [6.45, 7) is 0. The van der Waals surface area contributed by atoms with Crippen LogP contribution >= 0.6 is 0 Å². The normalized spacial score (nSPS) is 16.2. The first-order valence-electron chi connectivity index (χ1n) is 9.06. The molecule has 0 radical (unpaired) electrons. The lowest BCUT2D eigenvalue weighted by Gasteiger charge is -2.19. The average molecular weight is 379 g/mol. The average Bonchev–Trinajstić information content (AvgIpc) is 2.61. The van der Waals surface area contributed by atoms with Crippen molar-refractivity contribution in [2.75, 3.05) is 0 Å². The molecule has 0 saturated heterocycles. The van der Waals surface area contributed by atoms with Gasteiger partial charge in [-0.1, -0.05) is 30.3 Å². The predicted molar refractivity (Wildman–Crippen MR) is 85.6 cm³/mol. The molecule has 26 heavy (non-hydrogen) atoms. The fourth-order valence-corrected chi connectivity index (χ4v) is 3.96. The first-order valence-corrected chi connectivity index (χ1v) is 10.3. The second kappa shape index (κ2) is 8.46. The van der Waals surface area contributed by atoms with Crippen LogP contribution in [0.4, 0.5) is 0 Å².